The number of likely N-dealkylation sites (tertiary alicyclic amines) is 1. The molecule has 26 heavy (non-hydrogen) atoms. The van der Waals surface area contributed by atoms with Crippen LogP contribution in [0.5, 0.6) is 0 Å². The highest BCUT2D eigenvalue weighted by atomic mass is 35.5. The minimum Gasteiger partial charge on any atom is -0.481 e. The maximum Gasteiger partial charge on any atom is 0.311 e. The predicted molar refractivity (Wildman–Crippen MR) is 99.2 cm³/mol. The van der Waals surface area contributed by atoms with E-state index in [1.54, 1.807) is 40.8 Å². The minimum atomic E-state index is -0.921. The van der Waals surface area contributed by atoms with Crippen LogP contribution in [0.1, 0.15) is 35.9 Å². The summed E-state index contributed by atoms with van der Waals surface area (Å²) in [6.07, 6.45) is 1.21. The van der Waals surface area contributed by atoms with E-state index in [9.17, 15) is 14.7 Å². The van der Waals surface area contributed by atoms with E-state index in [-0.39, 0.29) is 18.1 Å². The van der Waals surface area contributed by atoms with E-state index >= 15 is 0 Å². The fourth-order valence-electron chi connectivity index (χ4n) is 3.21. The molecule has 3 rings (SSSR count). The average Bonchev–Trinajstić information content (AvgIpc) is 2.98. The van der Waals surface area contributed by atoms with E-state index in [4.69, 9.17) is 23.2 Å². The van der Waals surface area contributed by atoms with Gasteiger partial charge in [-0.25, -0.2) is 4.68 Å². The summed E-state index contributed by atoms with van der Waals surface area (Å²) in [5.74, 6) is -1.15. The van der Waals surface area contributed by atoms with Crippen LogP contribution < -0.4 is 0 Å². The molecule has 1 amide bonds. The summed E-state index contributed by atoms with van der Waals surface area (Å²) in [4.78, 5) is 25.9. The third kappa shape index (κ3) is 3.44. The Morgan fingerprint density at radius 2 is 1.96 bits per heavy atom. The van der Waals surface area contributed by atoms with Gasteiger partial charge in [0.1, 0.15) is 0 Å². The van der Waals surface area contributed by atoms with Crippen LogP contribution in [0.4, 0.5) is 0 Å². The number of aliphatic carboxylic acids is 1. The van der Waals surface area contributed by atoms with Crippen molar-refractivity contribution in [3.8, 4) is 5.69 Å². The zero-order valence-corrected chi connectivity index (χ0v) is 16.0. The molecule has 138 valence electrons. The van der Waals surface area contributed by atoms with E-state index < -0.39 is 11.4 Å². The van der Waals surface area contributed by atoms with E-state index in [1.807, 2.05) is 6.92 Å². The number of piperidine rings is 1. The third-order valence-electron chi connectivity index (χ3n) is 4.75. The van der Waals surface area contributed by atoms with Crippen LogP contribution in [0, 0.1) is 12.3 Å². The summed E-state index contributed by atoms with van der Waals surface area (Å²) in [5.41, 5.74) is 0.827. The molecule has 1 aromatic heterocycles. The van der Waals surface area contributed by atoms with Crippen LogP contribution in [0.3, 0.4) is 0 Å². The lowest BCUT2D eigenvalue weighted by atomic mass is 9.82. The Morgan fingerprint density at radius 1 is 1.23 bits per heavy atom. The molecule has 0 radical (unpaired) electrons. The number of amides is 1. The summed E-state index contributed by atoms with van der Waals surface area (Å²) < 4.78 is 1.62. The number of carbonyl (C=O) groups is 2. The van der Waals surface area contributed by atoms with Crippen molar-refractivity contribution in [3.05, 3.63) is 45.7 Å². The van der Waals surface area contributed by atoms with Crippen LogP contribution >= 0.6 is 23.2 Å². The lowest BCUT2D eigenvalue weighted by Crippen LogP contribution is -2.48. The molecule has 0 aliphatic carbocycles. The Labute approximate surface area is 161 Å². The number of carboxylic acid groups (broad SMARTS) is 1. The molecule has 0 saturated carbocycles. The second-order valence-electron chi connectivity index (χ2n) is 6.88. The lowest BCUT2D eigenvalue weighted by molar-refractivity contribution is -0.150. The van der Waals surface area contributed by atoms with Gasteiger partial charge in [0.25, 0.3) is 5.91 Å². The number of rotatable bonds is 3. The molecule has 0 spiro atoms. The van der Waals surface area contributed by atoms with Crippen molar-refractivity contribution < 1.29 is 14.7 Å². The molecular weight excluding hydrogens is 377 g/mol. The molecule has 8 heteroatoms. The van der Waals surface area contributed by atoms with Gasteiger partial charge >= 0.3 is 5.97 Å². The molecule has 1 aromatic carbocycles. The first kappa shape index (κ1) is 18.7. The maximum atomic E-state index is 12.8. The van der Waals surface area contributed by atoms with Crippen LogP contribution in [-0.2, 0) is 4.79 Å². The Bertz CT molecular complexity index is 881. The number of hydrogen-bond donors (Lipinski definition) is 1. The summed E-state index contributed by atoms with van der Waals surface area (Å²) in [6, 6.07) is 6.81. The highest BCUT2D eigenvalue weighted by molar-refractivity contribution is 6.42. The van der Waals surface area contributed by atoms with Crippen LogP contribution in [0.25, 0.3) is 5.69 Å². The summed E-state index contributed by atoms with van der Waals surface area (Å²) in [6.45, 7) is 4.22. The van der Waals surface area contributed by atoms with Crippen molar-refractivity contribution in [3.63, 3.8) is 0 Å². The summed E-state index contributed by atoms with van der Waals surface area (Å²) >= 11 is 12.0. The number of benzene rings is 1. The fraction of sp³-hybridized carbons (Fsp3) is 0.389. The Kier molecular flexibility index (Phi) is 4.99. The van der Waals surface area contributed by atoms with Gasteiger partial charge < -0.3 is 10.0 Å². The first-order valence-corrected chi connectivity index (χ1v) is 9.02. The van der Waals surface area contributed by atoms with Gasteiger partial charge in [0.15, 0.2) is 5.69 Å². The second-order valence-corrected chi connectivity index (χ2v) is 7.69. The third-order valence-corrected chi connectivity index (χ3v) is 5.49. The first-order chi connectivity index (χ1) is 12.2. The summed E-state index contributed by atoms with van der Waals surface area (Å²) in [7, 11) is 0. The Morgan fingerprint density at radius 3 is 2.62 bits per heavy atom. The average molecular weight is 396 g/mol. The Hall–Kier alpha value is -2.05. The molecule has 1 saturated heterocycles. The normalized spacial score (nSPS) is 20.2. The molecule has 6 nitrogen and oxygen atoms in total. The van der Waals surface area contributed by atoms with Crippen molar-refractivity contribution >= 4 is 35.1 Å². The fourth-order valence-corrected chi connectivity index (χ4v) is 3.50. The molecule has 1 atom stereocenters. The van der Waals surface area contributed by atoms with E-state index in [0.29, 0.717) is 35.1 Å². The van der Waals surface area contributed by atoms with E-state index in [1.165, 1.54) is 0 Å². The maximum absolute atomic E-state index is 12.8. The van der Waals surface area contributed by atoms with Gasteiger partial charge in [0.05, 0.1) is 21.1 Å². The number of nitrogens with zero attached hydrogens (tertiary/aromatic N) is 3. The molecule has 1 unspecified atom stereocenters. The number of carboxylic acids is 1. The van der Waals surface area contributed by atoms with Gasteiger partial charge in [-0.15, -0.1) is 0 Å². The van der Waals surface area contributed by atoms with Gasteiger partial charge in [-0.2, -0.15) is 5.10 Å². The highest BCUT2D eigenvalue weighted by Crippen LogP contribution is 2.31. The molecule has 1 aliphatic heterocycles. The topological polar surface area (TPSA) is 75.4 Å². The van der Waals surface area contributed by atoms with Crippen LogP contribution in [0.2, 0.25) is 10.0 Å². The van der Waals surface area contributed by atoms with Crippen molar-refractivity contribution in [2.45, 2.75) is 26.7 Å². The monoisotopic (exact) mass is 395 g/mol. The quantitative estimate of drug-likeness (QED) is 0.856. The van der Waals surface area contributed by atoms with Crippen molar-refractivity contribution in [1.82, 2.24) is 14.7 Å². The molecule has 2 aromatic rings. The number of aryl methyl sites for hydroxylation is 1. The number of hydrogen-bond acceptors (Lipinski definition) is 3. The number of carbonyl (C=O) groups excluding carboxylic acids is 1. The SMILES string of the molecule is Cc1cc(C(=O)N2CCCC(C)(C(=O)O)C2)nn1-c1ccc(Cl)c(Cl)c1. The highest BCUT2D eigenvalue weighted by Gasteiger charge is 2.40. The zero-order valence-electron chi connectivity index (χ0n) is 14.5. The van der Waals surface area contributed by atoms with Gasteiger partial charge in [0, 0.05) is 18.8 Å². The van der Waals surface area contributed by atoms with Crippen LogP contribution in [-0.4, -0.2) is 44.8 Å². The predicted octanol–water partition coefficient (Wildman–Crippen LogP) is 3.81. The van der Waals surface area contributed by atoms with Gasteiger partial charge in [-0.3, -0.25) is 9.59 Å². The summed E-state index contributed by atoms with van der Waals surface area (Å²) in [5, 5.41) is 14.7. The minimum absolute atomic E-state index is 0.180. The largest absolute Gasteiger partial charge is 0.481 e. The standard InChI is InChI=1S/C18H19Cl2N3O3/c1-11-8-15(21-23(11)12-4-5-13(19)14(20)9-12)16(24)22-7-3-6-18(2,10-22)17(25)26/h4-5,8-9H,3,6-7,10H2,1-2H3,(H,25,26). The van der Waals surface area contributed by atoms with Gasteiger partial charge in [-0.1, -0.05) is 23.2 Å². The smallest absolute Gasteiger partial charge is 0.311 e. The second kappa shape index (κ2) is 6.93. The number of aromatic nitrogens is 2. The first-order valence-electron chi connectivity index (χ1n) is 8.26. The molecule has 1 aliphatic rings. The van der Waals surface area contributed by atoms with Crippen molar-refractivity contribution in [2.24, 2.45) is 5.41 Å². The molecule has 2 heterocycles. The lowest BCUT2D eigenvalue weighted by Gasteiger charge is -2.37. The van der Waals surface area contributed by atoms with Crippen LogP contribution in [0.15, 0.2) is 24.3 Å². The van der Waals surface area contributed by atoms with Gasteiger partial charge in [-0.05, 0) is 51.0 Å². The zero-order chi connectivity index (χ0) is 19.1. The molecular formula is C18H19Cl2N3O3. The molecule has 1 fully saturated rings. The molecule has 1 N–H and O–H groups in total. The number of halogens is 2. The van der Waals surface area contributed by atoms with E-state index in [0.717, 1.165) is 5.69 Å². The van der Waals surface area contributed by atoms with Crippen molar-refractivity contribution in [1.29, 1.82) is 0 Å². The molecule has 0 bridgehead atoms. The Balaban J connectivity index is 1.87. The van der Waals surface area contributed by atoms with Gasteiger partial charge in [0.2, 0.25) is 0 Å². The van der Waals surface area contributed by atoms with Crippen molar-refractivity contribution in [2.75, 3.05) is 13.1 Å². The van der Waals surface area contributed by atoms with E-state index in [2.05, 4.69) is 5.10 Å².